The van der Waals surface area contributed by atoms with Gasteiger partial charge in [-0.25, -0.2) is 17.8 Å². The maximum atomic E-state index is 13.4. The fourth-order valence-corrected chi connectivity index (χ4v) is 3.69. The molecule has 0 radical (unpaired) electrons. The molecule has 0 aliphatic carbocycles. The highest BCUT2D eigenvalue weighted by Gasteiger charge is 2.13. The molecule has 0 saturated carbocycles. The molecule has 0 atom stereocenters. The number of nitrogens with zero attached hydrogens (tertiary/aromatic N) is 1. The molecule has 3 aromatic rings. The zero-order valence-electron chi connectivity index (χ0n) is 13.0. The molecular formula is C16H13FN2O4S2. The molecule has 1 aromatic heterocycles. The van der Waals surface area contributed by atoms with Gasteiger partial charge in [-0.1, -0.05) is 23.5 Å². The number of halogens is 1. The number of sulfone groups is 1. The van der Waals surface area contributed by atoms with Gasteiger partial charge in [0.15, 0.2) is 33.1 Å². The van der Waals surface area contributed by atoms with Gasteiger partial charge in [0.25, 0.3) is 5.91 Å². The summed E-state index contributed by atoms with van der Waals surface area (Å²) in [5.74, 6) is -1.06. The Morgan fingerprint density at radius 1 is 1.28 bits per heavy atom. The summed E-state index contributed by atoms with van der Waals surface area (Å²) in [6, 6.07) is 10.3. The summed E-state index contributed by atoms with van der Waals surface area (Å²) in [4.78, 5) is 16.3. The van der Waals surface area contributed by atoms with Crippen molar-refractivity contribution in [1.82, 2.24) is 4.98 Å². The van der Waals surface area contributed by atoms with Crippen LogP contribution in [0.2, 0.25) is 0 Å². The molecule has 1 amide bonds. The van der Waals surface area contributed by atoms with Crippen LogP contribution in [0.3, 0.4) is 0 Å². The number of hydrogen-bond donors (Lipinski definition) is 1. The molecule has 0 saturated heterocycles. The predicted molar refractivity (Wildman–Crippen MR) is 93.3 cm³/mol. The van der Waals surface area contributed by atoms with Crippen molar-refractivity contribution in [1.29, 1.82) is 0 Å². The number of rotatable bonds is 5. The van der Waals surface area contributed by atoms with Crippen LogP contribution in [0.15, 0.2) is 47.4 Å². The molecule has 9 heteroatoms. The van der Waals surface area contributed by atoms with Gasteiger partial charge in [0.2, 0.25) is 0 Å². The third-order valence-electron chi connectivity index (χ3n) is 3.23. The second-order valence-electron chi connectivity index (χ2n) is 5.19. The number of thiazole rings is 1. The van der Waals surface area contributed by atoms with Crippen molar-refractivity contribution in [2.45, 2.75) is 4.90 Å². The first kappa shape index (κ1) is 17.3. The van der Waals surface area contributed by atoms with Crippen molar-refractivity contribution in [3.8, 4) is 5.75 Å². The fourth-order valence-electron chi connectivity index (χ4n) is 2.05. The van der Waals surface area contributed by atoms with Gasteiger partial charge >= 0.3 is 0 Å². The maximum Gasteiger partial charge on any atom is 0.264 e. The van der Waals surface area contributed by atoms with Crippen LogP contribution in [-0.2, 0) is 14.6 Å². The first-order chi connectivity index (χ1) is 11.8. The molecule has 0 spiro atoms. The Balaban J connectivity index is 1.70. The van der Waals surface area contributed by atoms with E-state index in [1.165, 1.54) is 30.3 Å². The van der Waals surface area contributed by atoms with Gasteiger partial charge < -0.3 is 4.74 Å². The van der Waals surface area contributed by atoms with E-state index in [0.29, 0.717) is 15.3 Å². The molecule has 6 nitrogen and oxygen atoms in total. The van der Waals surface area contributed by atoms with Gasteiger partial charge in [0.05, 0.1) is 15.1 Å². The minimum atomic E-state index is -3.32. The second-order valence-corrected chi connectivity index (χ2v) is 8.23. The average Bonchev–Trinajstić information content (AvgIpc) is 2.94. The number of nitrogens with one attached hydrogen (secondary N) is 1. The van der Waals surface area contributed by atoms with Gasteiger partial charge in [-0.2, -0.15) is 0 Å². The Bertz CT molecular complexity index is 1050. The van der Waals surface area contributed by atoms with Gasteiger partial charge in [-0.3, -0.25) is 10.1 Å². The van der Waals surface area contributed by atoms with Crippen LogP contribution < -0.4 is 10.1 Å². The van der Waals surface area contributed by atoms with E-state index < -0.39 is 21.6 Å². The number of carbonyl (C=O) groups is 1. The van der Waals surface area contributed by atoms with E-state index in [2.05, 4.69) is 10.3 Å². The number of ether oxygens (including phenoxy) is 1. The highest BCUT2D eigenvalue weighted by atomic mass is 32.2. The molecule has 25 heavy (non-hydrogen) atoms. The van der Waals surface area contributed by atoms with Crippen molar-refractivity contribution in [2.24, 2.45) is 0 Å². The lowest BCUT2D eigenvalue weighted by Gasteiger charge is -2.06. The largest absolute Gasteiger partial charge is 0.481 e. The summed E-state index contributed by atoms with van der Waals surface area (Å²) in [6.07, 6.45) is 1.12. The van der Waals surface area contributed by atoms with Crippen molar-refractivity contribution < 1.29 is 22.3 Å². The number of anilines is 1. The van der Waals surface area contributed by atoms with E-state index in [1.807, 2.05) is 0 Å². The molecule has 3 rings (SSSR count). The quantitative estimate of drug-likeness (QED) is 0.736. The third-order valence-corrected chi connectivity index (χ3v) is 5.27. The number of para-hydroxylation sites is 1. The third kappa shape index (κ3) is 4.12. The van der Waals surface area contributed by atoms with E-state index in [4.69, 9.17) is 4.74 Å². The number of hydrogen-bond acceptors (Lipinski definition) is 6. The summed E-state index contributed by atoms with van der Waals surface area (Å²) in [5.41, 5.74) is 0.572. The van der Waals surface area contributed by atoms with Gasteiger partial charge in [-0.15, -0.1) is 0 Å². The highest BCUT2D eigenvalue weighted by Crippen LogP contribution is 2.28. The number of carbonyl (C=O) groups excluding carboxylic acids is 1. The number of amides is 1. The number of aromatic nitrogens is 1. The van der Waals surface area contributed by atoms with Crippen LogP contribution in [0.25, 0.3) is 10.2 Å². The van der Waals surface area contributed by atoms with Crippen LogP contribution in [0.4, 0.5) is 9.52 Å². The van der Waals surface area contributed by atoms with Crippen LogP contribution in [0.5, 0.6) is 5.75 Å². The second kappa shape index (κ2) is 6.77. The highest BCUT2D eigenvalue weighted by molar-refractivity contribution is 7.90. The standard InChI is InChI=1S/C16H13FN2O4S2/c1-25(21,22)10-6-7-12-14(8-10)24-16(18-12)19-15(20)9-23-13-5-3-2-4-11(13)17/h2-8H,9H2,1H3,(H,18,19,20). The zero-order valence-corrected chi connectivity index (χ0v) is 14.7. The van der Waals surface area contributed by atoms with E-state index >= 15 is 0 Å². The SMILES string of the molecule is CS(=O)(=O)c1ccc2nc(NC(=O)COc3ccccc3F)sc2c1. The number of benzene rings is 2. The van der Waals surface area contributed by atoms with E-state index in [-0.39, 0.29) is 17.3 Å². The normalized spacial score (nSPS) is 11.4. The van der Waals surface area contributed by atoms with Crippen LogP contribution in [0, 0.1) is 5.82 Å². The Labute approximate surface area is 147 Å². The fraction of sp³-hybridized carbons (Fsp3) is 0.125. The van der Waals surface area contributed by atoms with Gasteiger partial charge in [-0.05, 0) is 30.3 Å². The maximum absolute atomic E-state index is 13.4. The van der Waals surface area contributed by atoms with Crippen molar-refractivity contribution in [3.05, 3.63) is 48.3 Å². The topological polar surface area (TPSA) is 85.4 Å². The zero-order chi connectivity index (χ0) is 18.0. The molecule has 1 heterocycles. The molecule has 0 fully saturated rings. The van der Waals surface area contributed by atoms with Gasteiger partial charge in [0.1, 0.15) is 0 Å². The minimum Gasteiger partial charge on any atom is -0.481 e. The molecule has 0 aliphatic heterocycles. The monoisotopic (exact) mass is 380 g/mol. The molecule has 2 aromatic carbocycles. The average molecular weight is 380 g/mol. The first-order valence-corrected chi connectivity index (χ1v) is 9.81. The van der Waals surface area contributed by atoms with E-state index in [9.17, 15) is 17.6 Å². The first-order valence-electron chi connectivity index (χ1n) is 7.11. The van der Waals surface area contributed by atoms with Crippen LogP contribution >= 0.6 is 11.3 Å². The van der Waals surface area contributed by atoms with Crippen molar-refractivity contribution in [3.63, 3.8) is 0 Å². The molecule has 0 aliphatic rings. The Hall–Kier alpha value is -2.52. The van der Waals surface area contributed by atoms with Crippen molar-refractivity contribution >= 4 is 42.4 Å². The van der Waals surface area contributed by atoms with Crippen LogP contribution in [0.1, 0.15) is 0 Å². The Morgan fingerprint density at radius 3 is 2.76 bits per heavy atom. The summed E-state index contributed by atoms with van der Waals surface area (Å²) in [7, 11) is -3.32. The van der Waals surface area contributed by atoms with Crippen LogP contribution in [-0.4, -0.2) is 32.2 Å². The number of fused-ring (bicyclic) bond motifs is 1. The van der Waals surface area contributed by atoms with E-state index in [0.717, 1.165) is 17.6 Å². The Morgan fingerprint density at radius 2 is 2.04 bits per heavy atom. The van der Waals surface area contributed by atoms with E-state index in [1.54, 1.807) is 12.1 Å². The summed E-state index contributed by atoms with van der Waals surface area (Å²) in [6.45, 7) is -0.370. The Kier molecular flexibility index (Phi) is 4.69. The lowest BCUT2D eigenvalue weighted by molar-refractivity contribution is -0.118. The minimum absolute atomic E-state index is 0.0141. The lowest BCUT2D eigenvalue weighted by Crippen LogP contribution is -2.20. The van der Waals surface area contributed by atoms with Crippen molar-refractivity contribution in [2.75, 3.05) is 18.2 Å². The molecule has 130 valence electrons. The predicted octanol–water partition coefficient (Wildman–Crippen LogP) is 2.86. The lowest BCUT2D eigenvalue weighted by atomic mass is 10.3. The molecule has 0 unspecified atom stereocenters. The molecule has 0 bridgehead atoms. The van der Waals surface area contributed by atoms with Gasteiger partial charge in [0, 0.05) is 6.26 Å². The smallest absolute Gasteiger partial charge is 0.264 e. The summed E-state index contributed by atoms with van der Waals surface area (Å²) >= 11 is 1.14. The summed E-state index contributed by atoms with van der Waals surface area (Å²) < 4.78 is 42.3. The molecular weight excluding hydrogens is 367 g/mol. The molecule has 1 N–H and O–H groups in total. The summed E-state index contributed by atoms with van der Waals surface area (Å²) in [5, 5.41) is 2.86.